The third-order valence-corrected chi connectivity index (χ3v) is 4.13. The summed E-state index contributed by atoms with van der Waals surface area (Å²) in [6.07, 6.45) is 2.62. The van der Waals surface area contributed by atoms with Crippen molar-refractivity contribution in [3.63, 3.8) is 0 Å². The molecule has 23 heavy (non-hydrogen) atoms. The number of hydrogen-bond acceptors (Lipinski definition) is 3. The fraction of sp³-hybridized carbons (Fsp3) is 0.588. The fourth-order valence-corrected chi connectivity index (χ4v) is 2.54. The number of likely N-dealkylation sites (N-methyl/N-ethyl adjacent to an activating group) is 1. The van der Waals surface area contributed by atoms with Gasteiger partial charge in [0.25, 0.3) is 0 Å². The number of hydrogen-bond donors (Lipinski definition) is 2. The smallest absolute Gasteiger partial charge is 0.191 e. The molecule has 1 aromatic rings. The molecule has 0 aromatic heterocycles. The second-order valence-electron chi connectivity index (χ2n) is 5.76. The van der Waals surface area contributed by atoms with Gasteiger partial charge in [0.2, 0.25) is 0 Å². The Bertz CT molecular complexity index is 463. The van der Waals surface area contributed by atoms with Gasteiger partial charge >= 0.3 is 0 Å². The molecule has 0 spiro atoms. The van der Waals surface area contributed by atoms with Gasteiger partial charge in [-0.15, -0.1) is 24.0 Å². The highest BCUT2D eigenvalue weighted by molar-refractivity contribution is 14.0. The third-order valence-electron chi connectivity index (χ3n) is 4.13. The number of guanidine groups is 1. The summed E-state index contributed by atoms with van der Waals surface area (Å²) in [5.41, 5.74) is 1.22. The summed E-state index contributed by atoms with van der Waals surface area (Å²) < 4.78 is 5.62. The molecule has 2 atom stereocenters. The van der Waals surface area contributed by atoms with Crippen LogP contribution in [0.3, 0.4) is 0 Å². The van der Waals surface area contributed by atoms with Crippen LogP contribution < -0.4 is 15.5 Å². The van der Waals surface area contributed by atoms with Gasteiger partial charge in [-0.25, -0.2) is 0 Å². The first-order valence-electron chi connectivity index (χ1n) is 8.04. The van der Waals surface area contributed by atoms with E-state index in [0.717, 1.165) is 38.5 Å². The van der Waals surface area contributed by atoms with Gasteiger partial charge in [0.1, 0.15) is 0 Å². The second kappa shape index (κ2) is 10.7. The molecule has 0 radical (unpaired) electrons. The molecule has 1 aliphatic rings. The second-order valence-corrected chi connectivity index (χ2v) is 5.76. The largest absolute Gasteiger partial charge is 0.376 e. The Balaban J connectivity index is 0.00000264. The zero-order valence-corrected chi connectivity index (χ0v) is 16.6. The number of aliphatic imine (C=N–C) groups is 1. The number of anilines is 1. The number of nitrogens with zero attached hydrogens (tertiary/aromatic N) is 2. The molecule has 2 N–H and O–H groups in total. The molecule has 5 nitrogen and oxygen atoms in total. The molecule has 2 unspecified atom stereocenters. The SMILES string of the molecule is CN=C(NCC1CCCO1)NCC(C)N(C)c1ccccc1.I. The summed E-state index contributed by atoms with van der Waals surface area (Å²) >= 11 is 0. The van der Waals surface area contributed by atoms with Crippen molar-refractivity contribution in [1.82, 2.24) is 10.6 Å². The van der Waals surface area contributed by atoms with E-state index in [2.05, 4.69) is 58.8 Å². The van der Waals surface area contributed by atoms with Crippen molar-refractivity contribution in [3.8, 4) is 0 Å². The Labute approximate surface area is 156 Å². The molecule has 1 aromatic carbocycles. The van der Waals surface area contributed by atoms with E-state index >= 15 is 0 Å². The molecule has 0 aliphatic carbocycles. The molecule has 0 saturated carbocycles. The summed E-state index contributed by atoms with van der Waals surface area (Å²) in [6.45, 7) is 4.74. The highest BCUT2D eigenvalue weighted by Crippen LogP contribution is 2.13. The van der Waals surface area contributed by atoms with Gasteiger partial charge in [0.05, 0.1) is 6.10 Å². The highest BCUT2D eigenvalue weighted by Gasteiger charge is 2.16. The minimum atomic E-state index is 0. The predicted molar refractivity (Wildman–Crippen MR) is 108 cm³/mol. The summed E-state index contributed by atoms with van der Waals surface area (Å²) in [6, 6.07) is 10.8. The zero-order valence-electron chi connectivity index (χ0n) is 14.3. The molecule has 0 bridgehead atoms. The van der Waals surface area contributed by atoms with Gasteiger partial charge in [0.15, 0.2) is 5.96 Å². The fourth-order valence-electron chi connectivity index (χ4n) is 2.54. The number of nitrogens with one attached hydrogen (secondary N) is 2. The highest BCUT2D eigenvalue weighted by atomic mass is 127. The van der Waals surface area contributed by atoms with Crippen LogP contribution in [-0.4, -0.2) is 51.9 Å². The first-order valence-corrected chi connectivity index (χ1v) is 8.04. The van der Waals surface area contributed by atoms with Crippen LogP contribution in [-0.2, 0) is 4.74 Å². The minimum Gasteiger partial charge on any atom is -0.376 e. The number of para-hydroxylation sites is 1. The molecular formula is C17H29IN4O. The Morgan fingerprint density at radius 2 is 2.09 bits per heavy atom. The van der Waals surface area contributed by atoms with Gasteiger partial charge in [-0.2, -0.15) is 0 Å². The van der Waals surface area contributed by atoms with Gasteiger partial charge in [0, 0.05) is 45.5 Å². The van der Waals surface area contributed by atoms with Crippen LogP contribution in [0.2, 0.25) is 0 Å². The lowest BCUT2D eigenvalue weighted by Crippen LogP contribution is -2.46. The third kappa shape index (κ3) is 6.55. The standard InChI is InChI=1S/C17H28N4O.HI/c1-14(21(3)15-8-5-4-6-9-15)12-19-17(18-2)20-13-16-10-7-11-22-16;/h4-6,8-9,14,16H,7,10-13H2,1-3H3,(H2,18,19,20);1H. The van der Waals surface area contributed by atoms with Crippen molar-refractivity contribution in [3.05, 3.63) is 30.3 Å². The molecule has 1 aliphatic heterocycles. The van der Waals surface area contributed by atoms with Crippen LogP contribution in [0.15, 0.2) is 35.3 Å². The van der Waals surface area contributed by atoms with E-state index in [1.54, 1.807) is 7.05 Å². The molecule has 130 valence electrons. The van der Waals surface area contributed by atoms with Gasteiger partial charge in [-0.3, -0.25) is 4.99 Å². The van der Waals surface area contributed by atoms with E-state index in [1.165, 1.54) is 5.69 Å². The Kier molecular flexibility index (Phi) is 9.31. The molecule has 6 heteroatoms. The van der Waals surface area contributed by atoms with E-state index in [4.69, 9.17) is 4.74 Å². The first kappa shape index (κ1) is 20.0. The topological polar surface area (TPSA) is 48.9 Å². The van der Waals surface area contributed by atoms with Gasteiger partial charge in [-0.1, -0.05) is 18.2 Å². The van der Waals surface area contributed by atoms with Crippen LogP contribution in [0.1, 0.15) is 19.8 Å². The predicted octanol–water partition coefficient (Wildman–Crippen LogP) is 2.47. The van der Waals surface area contributed by atoms with Crippen LogP contribution in [0.25, 0.3) is 0 Å². The van der Waals surface area contributed by atoms with Crippen LogP contribution in [0.4, 0.5) is 5.69 Å². The number of ether oxygens (including phenoxy) is 1. The summed E-state index contributed by atoms with van der Waals surface area (Å²) in [5.74, 6) is 0.837. The monoisotopic (exact) mass is 432 g/mol. The van der Waals surface area contributed by atoms with Crippen molar-refractivity contribution in [1.29, 1.82) is 0 Å². The van der Waals surface area contributed by atoms with Gasteiger partial charge in [-0.05, 0) is 31.9 Å². The van der Waals surface area contributed by atoms with Crippen molar-refractivity contribution in [2.75, 3.05) is 38.7 Å². The van der Waals surface area contributed by atoms with E-state index < -0.39 is 0 Å². The number of halogens is 1. The molecular weight excluding hydrogens is 403 g/mol. The summed E-state index contributed by atoms with van der Waals surface area (Å²) in [7, 11) is 3.92. The maximum Gasteiger partial charge on any atom is 0.191 e. The van der Waals surface area contributed by atoms with E-state index in [1.807, 2.05) is 6.07 Å². The average molecular weight is 432 g/mol. The van der Waals surface area contributed by atoms with Gasteiger partial charge < -0.3 is 20.3 Å². The maximum atomic E-state index is 5.62. The Hall–Kier alpha value is -1.02. The molecule has 1 fully saturated rings. The summed E-state index contributed by atoms with van der Waals surface area (Å²) in [5, 5.41) is 6.73. The van der Waals surface area contributed by atoms with Crippen LogP contribution >= 0.6 is 24.0 Å². The van der Waals surface area contributed by atoms with Crippen molar-refractivity contribution in [2.45, 2.75) is 31.9 Å². The van der Waals surface area contributed by atoms with E-state index in [9.17, 15) is 0 Å². The van der Waals surface area contributed by atoms with Crippen molar-refractivity contribution in [2.24, 2.45) is 4.99 Å². The Morgan fingerprint density at radius 1 is 1.35 bits per heavy atom. The number of benzene rings is 1. The molecule has 1 saturated heterocycles. The van der Waals surface area contributed by atoms with Crippen LogP contribution in [0, 0.1) is 0 Å². The minimum absolute atomic E-state index is 0. The first-order chi connectivity index (χ1) is 10.7. The average Bonchev–Trinajstić information content (AvgIpc) is 3.08. The lowest BCUT2D eigenvalue weighted by molar-refractivity contribution is 0.114. The van der Waals surface area contributed by atoms with E-state index in [0.29, 0.717) is 12.1 Å². The zero-order chi connectivity index (χ0) is 15.8. The number of rotatable bonds is 6. The van der Waals surface area contributed by atoms with Crippen LogP contribution in [0.5, 0.6) is 0 Å². The maximum absolute atomic E-state index is 5.62. The lowest BCUT2D eigenvalue weighted by Gasteiger charge is -2.28. The normalized spacial score (nSPS) is 18.9. The molecule has 2 rings (SSSR count). The van der Waals surface area contributed by atoms with Crippen molar-refractivity contribution >= 4 is 35.6 Å². The van der Waals surface area contributed by atoms with Crippen molar-refractivity contribution < 1.29 is 4.74 Å². The quantitative estimate of drug-likeness (QED) is 0.412. The lowest BCUT2D eigenvalue weighted by atomic mass is 10.2. The molecule has 0 amide bonds. The molecule has 1 heterocycles. The van der Waals surface area contributed by atoms with E-state index in [-0.39, 0.29) is 24.0 Å². The summed E-state index contributed by atoms with van der Waals surface area (Å²) in [4.78, 5) is 6.54. The Morgan fingerprint density at radius 3 is 2.70 bits per heavy atom.